The van der Waals surface area contributed by atoms with E-state index in [0.717, 1.165) is 63.1 Å². The van der Waals surface area contributed by atoms with Crippen molar-refractivity contribution in [3.8, 4) is 0 Å². The Hall–Kier alpha value is -1.42. The van der Waals surface area contributed by atoms with Gasteiger partial charge in [-0.15, -0.1) is 35.3 Å². The highest BCUT2D eigenvalue weighted by molar-refractivity contribution is 14.0. The molecule has 2 heterocycles. The van der Waals surface area contributed by atoms with E-state index in [1.807, 2.05) is 18.3 Å². The van der Waals surface area contributed by atoms with E-state index in [2.05, 4.69) is 33.9 Å². The van der Waals surface area contributed by atoms with Crippen LogP contribution in [0, 0.1) is 5.82 Å². The molecule has 0 radical (unpaired) electrons. The number of guanidine groups is 1. The highest BCUT2D eigenvalue weighted by atomic mass is 127. The van der Waals surface area contributed by atoms with E-state index in [1.165, 1.54) is 10.9 Å². The molecule has 1 aromatic carbocycles. The zero-order valence-corrected chi connectivity index (χ0v) is 19.7. The number of rotatable bonds is 6. The van der Waals surface area contributed by atoms with E-state index in [4.69, 9.17) is 4.99 Å². The Morgan fingerprint density at radius 3 is 2.61 bits per heavy atom. The van der Waals surface area contributed by atoms with Gasteiger partial charge in [0, 0.05) is 56.8 Å². The van der Waals surface area contributed by atoms with Crippen LogP contribution in [0.3, 0.4) is 0 Å². The van der Waals surface area contributed by atoms with Gasteiger partial charge in [-0.2, -0.15) is 0 Å². The van der Waals surface area contributed by atoms with Gasteiger partial charge < -0.3 is 15.1 Å². The van der Waals surface area contributed by atoms with Gasteiger partial charge in [0.15, 0.2) is 5.96 Å². The zero-order chi connectivity index (χ0) is 19.1. The molecule has 154 valence electrons. The Morgan fingerprint density at radius 1 is 1.21 bits per heavy atom. The summed E-state index contributed by atoms with van der Waals surface area (Å²) in [7, 11) is 0. The average Bonchev–Trinajstić information content (AvgIpc) is 3.16. The molecular formula is C20H29FIN5S. The van der Waals surface area contributed by atoms with Gasteiger partial charge in [0.1, 0.15) is 5.82 Å². The predicted octanol–water partition coefficient (Wildman–Crippen LogP) is 3.79. The second kappa shape index (κ2) is 11.5. The molecule has 1 fully saturated rings. The molecule has 0 unspecified atom stereocenters. The van der Waals surface area contributed by atoms with Gasteiger partial charge >= 0.3 is 0 Å². The first-order valence-corrected chi connectivity index (χ1v) is 10.5. The molecule has 0 aliphatic carbocycles. The lowest BCUT2D eigenvalue weighted by molar-refractivity contribution is 0.371. The maximum absolute atomic E-state index is 14.0. The fraction of sp³-hybridized carbons (Fsp3) is 0.500. The minimum atomic E-state index is -0.151. The fourth-order valence-corrected chi connectivity index (χ4v) is 4.03. The number of para-hydroxylation sites is 1. The maximum Gasteiger partial charge on any atom is 0.194 e. The van der Waals surface area contributed by atoms with Crippen LogP contribution in [0.25, 0.3) is 0 Å². The molecule has 3 rings (SSSR count). The summed E-state index contributed by atoms with van der Waals surface area (Å²) < 4.78 is 14.0. The normalized spacial score (nSPS) is 14.8. The van der Waals surface area contributed by atoms with Crippen LogP contribution in [0.15, 0.2) is 35.5 Å². The van der Waals surface area contributed by atoms with Gasteiger partial charge in [0.2, 0.25) is 0 Å². The molecule has 8 heteroatoms. The number of nitrogens with zero attached hydrogens (tertiary/aromatic N) is 4. The van der Waals surface area contributed by atoms with E-state index in [9.17, 15) is 4.39 Å². The summed E-state index contributed by atoms with van der Waals surface area (Å²) >= 11 is 1.78. The van der Waals surface area contributed by atoms with Crippen LogP contribution < -0.4 is 10.2 Å². The molecule has 0 saturated carbocycles. The Labute approximate surface area is 188 Å². The average molecular weight is 517 g/mol. The van der Waals surface area contributed by atoms with Crippen LogP contribution in [-0.2, 0) is 12.8 Å². The molecule has 0 bridgehead atoms. The first-order chi connectivity index (χ1) is 13.2. The Bertz CT molecular complexity index is 759. The van der Waals surface area contributed by atoms with Crippen molar-refractivity contribution < 1.29 is 4.39 Å². The second-order valence-corrected chi connectivity index (χ2v) is 7.68. The van der Waals surface area contributed by atoms with Crippen molar-refractivity contribution >= 4 is 47.0 Å². The Morgan fingerprint density at radius 2 is 1.96 bits per heavy atom. The minimum absolute atomic E-state index is 0. The number of halogens is 2. The Kier molecular flexibility index (Phi) is 9.43. The largest absolute Gasteiger partial charge is 0.366 e. The van der Waals surface area contributed by atoms with Gasteiger partial charge in [-0.3, -0.25) is 4.99 Å². The summed E-state index contributed by atoms with van der Waals surface area (Å²) in [6.45, 7) is 9.04. The zero-order valence-electron chi connectivity index (χ0n) is 16.5. The topological polar surface area (TPSA) is 43.8 Å². The van der Waals surface area contributed by atoms with Crippen LogP contribution >= 0.6 is 35.3 Å². The number of benzene rings is 1. The van der Waals surface area contributed by atoms with Gasteiger partial charge in [-0.1, -0.05) is 19.1 Å². The number of hydrogen-bond donors (Lipinski definition) is 1. The quantitative estimate of drug-likeness (QED) is 0.360. The standard InChI is InChI=1S/C20H28FN5S.HI/c1-3-16-15-24-19(27-16)9-10-23-20(22-4-2)26-13-11-25(12-14-26)18-8-6-5-7-17(18)21;/h5-8,15H,3-4,9-14H2,1-2H3,(H,22,23);1H. The van der Waals surface area contributed by atoms with Crippen molar-refractivity contribution in [3.05, 3.63) is 46.2 Å². The van der Waals surface area contributed by atoms with Crippen molar-refractivity contribution in [1.29, 1.82) is 0 Å². The highest BCUT2D eigenvalue weighted by Gasteiger charge is 2.21. The number of thiazole rings is 1. The second-order valence-electron chi connectivity index (χ2n) is 6.49. The summed E-state index contributed by atoms with van der Waals surface area (Å²) in [5, 5.41) is 4.54. The van der Waals surface area contributed by atoms with Gasteiger partial charge in [-0.05, 0) is 25.5 Å². The molecule has 1 saturated heterocycles. The number of anilines is 1. The smallest absolute Gasteiger partial charge is 0.194 e. The number of hydrogen-bond acceptors (Lipinski definition) is 4. The molecule has 1 aliphatic rings. The fourth-order valence-electron chi connectivity index (χ4n) is 3.18. The number of aliphatic imine (C=N–C) groups is 1. The van der Waals surface area contributed by atoms with Crippen LogP contribution in [0.4, 0.5) is 10.1 Å². The first-order valence-electron chi connectivity index (χ1n) is 9.67. The van der Waals surface area contributed by atoms with Gasteiger partial charge in [-0.25, -0.2) is 9.37 Å². The lowest BCUT2D eigenvalue weighted by atomic mass is 10.2. The molecule has 1 aliphatic heterocycles. The monoisotopic (exact) mass is 517 g/mol. The third-order valence-electron chi connectivity index (χ3n) is 4.64. The molecule has 2 aromatic rings. The van der Waals surface area contributed by atoms with Crippen molar-refractivity contribution in [2.45, 2.75) is 26.7 Å². The number of aromatic nitrogens is 1. The van der Waals surface area contributed by atoms with Gasteiger partial charge in [0.25, 0.3) is 0 Å². The molecular weight excluding hydrogens is 488 g/mol. The minimum Gasteiger partial charge on any atom is -0.366 e. The van der Waals surface area contributed by atoms with E-state index in [1.54, 1.807) is 17.4 Å². The number of piperazine rings is 1. The van der Waals surface area contributed by atoms with E-state index < -0.39 is 0 Å². The van der Waals surface area contributed by atoms with Crippen molar-refractivity contribution in [1.82, 2.24) is 15.2 Å². The maximum atomic E-state index is 14.0. The molecule has 0 spiro atoms. The number of nitrogens with one attached hydrogen (secondary N) is 1. The summed E-state index contributed by atoms with van der Waals surface area (Å²) in [6.07, 6.45) is 3.88. The molecule has 28 heavy (non-hydrogen) atoms. The third kappa shape index (κ3) is 6.04. The van der Waals surface area contributed by atoms with E-state index >= 15 is 0 Å². The van der Waals surface area contributed by atoms with Crippen LogP contribution in [0.1, 0.15) is 23.7 Å². The summed E-state index contributed by atoms with van der Waals surface area (Å²) in [4.78, 5) is 15.0. The molecule has 1 N–H and O–H groups in total. The lowest BCUT2D eigenvalue weighted by Crippen LogP contribution is -2.52. The van der Waals surface area contributed by atoms with Gasteiger partial charge in [0.05, 0.1) is 10.7 Å². The third-order valence-corrected chi connectivity index (χ3v) is 5.85. The highest BCUT2D eigenvalue weighted by Crippen LogP contribution is 2.20. The first kappa shape index (κ1) is 22.9. The molecule has 1 aromatic heterocycles. The van der Waals surface area contributed by atoms with Crippen molar-refractivity contribution in [2.75, 3.05) is 44.2 Å². The van der Waals surface area contributed by atoms with Crippen LogP contribution in [0.2, 0.25) is 0 Å². The van der Waals surface area contributed by atoms with Crippen LogP contribution in [0.5, 0.6) is 0 Å². The van der Waals surface area contributed by atoms with Crippen molar-refractivity contribution in [3.63, 3.8) is 0 Å². The molecule has 5 nitrogen and oxygen atoms in total. The SMILES string of the molecule is CCNC(=NCCc1ncc(CC)s1)N1CCN(c2ccccc2F)CC1.I. The summed E-state index contributed by atoms with van der Waals surface area (Å²) in [5.74, 6) is 0.791. The Balaban J connectivity index is 0.00000280. The summed E-state index contributed by atoms with van der Waals surface area (Å²) in [6, 6.07) is 6.99. The lowest BCUT2D eigenvalue weighted by Gasteiger charge is -2.37. The predicted molar refractivity (Wildman–Crippen MR) is 127 cm³/mol. The molecule has 0 atom stereocenters. The van der Waals surface area contributed by atoms with E-state index in [0.29, 0.717) is 5.69 Å². The van der Waals surface area contributed by atoms with Crippen molar-refractivity contribution in [2.24, 2.45) is 4.99 Å². The number of aryl methyl sites for hydroxylation is 1. The molecule has 0 amide bonds. The van der Waals surface area contributed by atoms with Crippen LogP contribution in [-0.4, -0.2) is 55.1 Å². The van der Waals surface area contributed by atoms with E-state index in [-0.39, 0.29) is 29.8 Å². The summed E-state index contributed by atoms with van der Waals surface area (Å²) in [5.41, 5.74) is 0.689.